The van der Waals surface area contributed by atoms with Gasteiger partial charge < -0.3 is 5.32 Å². The molecule has 4 rings (SSSR count). The van der Waals surface area contributed by atoms with Gasteiger partial charge in [0.25, 0.3) is 5.91 Å². The quantitative estimate of drug-likeness (QED) is 0.749. The molecule has 138 valence electrons. The largest absolute Gasteiger partial charge is 0.347 e. The highest BCUT2D eigenvalue weighted by Gasteiger charge is 2.19. The van der Waals surface area contributed by atoms with Gasteiger partial charge in [-0.2, -0.15) is 0 Å². The standard InChI is InChI=1S/C20H22N6O/c1-15(11-25-10-9-16-5-2-3-6-17(16)12-25)23-20(27)18-7-4-8-19(24-18)26-13-21-22-14-26/h2-8,13-15H,9-12H2,1H3,(H,23,27). The molecule has 1 N–H and O–H groups in total. The van der Waals surface area contributed by atoms with Gasteiger partial charge in [-0.15, -0.1) is 10.2 Å². The van der Waals surface area contributed by atoms with E-state index in [4.69, 9.17) is 0 Å². The maximum atomic E-state index is 12.6. The lowest BCUT2D eigenvalue weighted by Crippen LogP contribution is -2.43. The zero-order chi connectivity index (χ0) is 18.6. The number of benzene rings is 1. The Kier molecular flexibility index (Phi) is 4.93. The average molecular weight is 362 g/mol. The molecule has 0 bridgehead atoms. The van der Waals surface area contributed by atoms with E-state index >= 15 is 0 Å². The molecule has 7 nitrogen and oxygen atoms in total. The van der Waals surface area contributed by atoms with Crippen LogP contribution >= 0.6 is 0 Å². The molecule has 0 aliphatic carbocycles. The van der Waals surface area contributed by atoms with Crippen LogP contribution in [-0.2, 0) is 13.0 Å². The van der Waals surface area contributed by atoms with Crippen LogP contribution < -0.4 is 5.32 Å². The normalized spacial score (nSPS) is 15.1. The fourth-order valence-electron chi connectivity index (χ4n) is 3.45. The highest BCUT2D eigenvalue weighted by molar-refractivity contribution is 5.92. The van der Waals surface area contributed by atoms with Crippen molar-refractivity contribution in [1.29, 1.82) is 0 Å². The van der Waals surface area contributed by atoms with Crippen LogP contribution in [0.1, 0.15) is 28.5 Å². The Labute approximate surface area is 158 Å². The number of carbonyl (C=O) groups is 1. The summed E-state index contributed by atoms with van der Waals surface area (Å²) in [6.45, 7) is 4.78. The van der Waals surface area contributed by atoms with Crippen LogP contribution in [0.2, 0.25) is 0 Å². The number of amides is 1. The van der Waals surface area contributed by atoms with Crippen molar-refractivity contribution in [1.82, 2.24) is 30.0 Å². The number of hydrogen-bond acceptors (Lipinski definition) is 5. The van der Waals surface area contributed by atoms with Gasteiger partial charge in [0.15, 0.2) is 0 Å². The molecule has 3 heterocycles. The van der Waals surface area contributed by atoms with Crippen LogP contribution in [0.3, 0.4) is 0 Å². The lowest BCUT2D eigenvalue weighted by molar-refractivity contribution is 0.0922. The van der Waals surface area contributed by atoms with E-state index in [0.29, 0.717) is 11.5 Å². The molecule has 0 fully saturated rings. The third kappa shape index (κ3) is 4.03. The second kappa shape index (κ2) is 7.67. The Bertz CT molecular complexity index is 924. The Morgan fingerprint density at radius 1 is 1.11 bits per heavy atom. The number of nitrogens with one attached hydrogen (secondary N) is 1. The molecule has 0 saturated carbocycles. The molecule has 7 heteroatoms. The average Bonchev–Trinajstić information content (AvgIpc) is 3.23. The first-order chi connectivity index (χ1) is 13.2. The molecule has 3 aromatic rings. The minimum atomic E-state index is -0.171. The molecular formula is C20H22N6O. The molecule has 0 radical (unpaired) electrons. The van der Waals surface area contributed by atoms with Crippen molar-refractivity contribution in [3.8, 4) is 5.82 Å². The van der Waals surface area contributed by atoms with Crippen LogP contribution in [-0.4, -0.2) is 49.7 Å². The van der Waals surface area contributed by atoms with E-state index in [1.807, 2.05) is 19.1 Å². The second-order valence-electron chi connectivity index (χ2n) is 6.88. The smallest absolute Gasteiger partial charge is 0.270 e. The van der Waals surface area contributed by atoms with Crippen LogP contribution in [0.25, 0.3) is 5.82 Å². The van der Waals surface area contributed by atoms with E-state index < -0.39 is 0 Å². The zero-order valence-electron chi connectivity index (χ0n) is 15.2. The second-order valence-corrected chi connectivity index (χ2v) is 6.88. The predicted molar refractivity (Wildman–Crippen MR) is 102 cm³/mol. The topological polar surface area (TPSA) is 75.9 Å². The van der Waals surface area contributed by atoms with Gasteiger partial charge in [-0.05, 0) is 36.6 Å². The van der Waals surface area contributed by atoms with Crippen molar-refractivity contribution in [2.75, 3.05) is 13.1 Å². The van der Waals surface area contributed by atoms with Crippen molar-refractivity contribution in [2.45, 2.75) is 25.9 Å². The first kappa shape index (κ1) is 17.4. The minimum Gasteiger partial charge on any atom is -0.347 e. The first-order valence-electron chi connectivity index (χ1n) is 9.11. The van der Waals surface area contributed by atoms with Gasteiger partial charge in [-0.1, -0.05) is 30.3 Å². The molecule has 1 unspecified atom stereocenters. The molecule has 27 heavy (non-hydrogen) atoms. The summed E-state index contributed by atoms with van der Waals surface area (Å²) in [5.41, 5.74) is 3.20. The highest BCUT2D eigenvalue weighted by atomic mass is 16.1. The number of fused-ring (bicyclic) bond motifs is 1. The first-order valence-corrected chi connectivity index (χ1v) is 9.11. The van der Waals surface area contributed by atoms with Crippen molar-refractivity contribution in [3.63, 3.8) is 0 Å². The summed E-state index contributed by atoms with van der Waals surface area (Å²) in [7, 11) is 0. The van der Waals surface area contributed by atoms with E-state index in [1.165, 1.54) is 11.1 Å². The van der Waals surface area contributed by atoms with E-state index in [1.54, 1.807) is 23.3 Å². The number of pyridine rings is 1. The summed E-state index contributed by atoms with van der Waals surface area (Å²) in [4.78, 5) is 19.4. The van der Waals surface area contributed by atoms with Crippen molar-refractivity contribution in [2.24, 2.45) is 0 Å². The van der Waals surface area contributed by atoms with Crippen molar-refractivity contribution in [3.05, 3.63) is 71.9 Å². The number of rotatable bonds is 5. The van der Waals surface area contributed by atoms with Gasteiger partial charge in [0, 0.05) is 25.7 Å². The maximum Gasteiger partial charge on any atom is 0.270 e. The molecule has 2 aromatic heterocycles. The number of aromatic nitrogens is 4. The molecule has 0 spiro atoms. The van der Waals surface area contributed by atoms with E-state index in [0.717, 1.165) is 26.1 Å². The lowest BCUT2D eigenvalue weighted by atomic mass is 10.00. The molecule has 1 aliphatic rings. The van der Waals surface area contributed by atoms with Crippen LogP contribution in [0.15, 0.2) is 55.1 Å². The number of hydrogen-bond donors (Lipinski definition) is 1. The molecular weight excluding hydrogens is 340 g/mol. The maximum absolute atomic E-state index is 12.6. The molecule has 1 atom stereocenters. The van der Waals surface area contributed by atoms with Crippen LogP contribution in [0.5, 0.6) is 0 Å². The summed E-state index contributed by atoms with van der Waals surface area (Å²) in [5, 5.41) is 10.6. The zero-order valence-corrected chi connectivity index (χ0v) is 15.2. The van der Waals surface area contributed by atoms with E-state index in [2.05, 4.69) is 49.7 Å². The van der Waals surface area contributed by atoms with Crippen molar-refractivity contribution < 1.29 is 4.79 Å². The molecule has 1 aliphatic heterocycles. The Morgan fingerprint density at radius 2 is 1.89 bits per heavy atom. The fraction of sp³-hybridized carbons (Fsp3) is 0.300. The minimum absolute atomic E-state index is 0.0307. The van der Waals surface area contributed by atoms with E-state index in [9.17, 15) is 4.79 Å². The molecule has 0 saturated heterocycles. The fourth-order valence-corrected chi connectivity index (χ4v) is 3.45. The lowest BCUT2D eigenvalue weighted by Gasteiger charge is -2.31. The van der Waals surface area contributed by atoms with Crippen LogP contribution in [0.4, 0.5) is 0 Å². The third-order valence-electron chi connectivity index (χ3n) is 4.77. The summed E-state index contributed by atoms with van der Waals surface area (Å²) < 4.78 is 1.67. The van der Waals surface area contributed by atoms with Gasteiger partial charge in [0.05, 0.1) is 0 Å². The van der Waals surface area contributed by atoms with E-state index in [-0.39, 0.29) is 11.9 Å². The van der Waals surface area contributed by atoms with Gasteiger partial charge in [0.2, 0.25) is 0 Å². The summed E-state index contributed by atoms with van der Waals surface area (Å²) in [6, 6.07) is 13.9. The van der Waals surface area contributed by atoms with Crippen LogP contribution in [0, 0.1) is 0 Å². The molecule has 1 amide bonds. The van der Waals surface area contributed by atoms with Gasteiger partial charge in [-0.25, -0.2) is 4.98 Å². The molecule has 1 aromatic carbocycles. The van der Waals surface area contributed by atoms with Gasteiger partial charge in [-0.3, -0.25) is 14.3 Å². The SMILES string of the molecule is CC(CN1CCc2ccccc2C1)NC(=O)c1cccc(-n2cnnc2)n1. The number of carbonyl (C=O) groups excluding carboxylic acids is 1. The van der Waals surface area contributed by atoms with Gasteiger partial charge >= 0.3 is 0 Å². The van der Waals surface area contributed by atoms with Gasteiger partial charge in [0.1, 0.15) is 24.2 Å². The monoisotopic (exact) mass is 362 g/mol. The predicted octanol–water partition coefficient (Wildman–Crippen LogP) is 1.84. The highest BCUT2D eigenvalue weighted by Crippen LogP contribution is 2.18. The van der Waals surface area contributed by atoms with Crippen molar-refractivity contribution >= 4 is 5.91 Å². The number of nitrogens with zero attached hydrogens (tertiary/aromatic N) is 5. The summed E-state index contributed by atoms with van der Waals surface area (Å²) >= 11 is 0. The third-order valence-corrected chi connectivity index (χ3v) is 4.77. The summed E-state index contributed by atoms with van der Waals surface area (Å²) in [5.74, 6) is 0.447. The Balaban J connectivity index is 1.37. The summed E-state index contributed by atoms with van der Waals surface area (Å²) in [6.07, 6.45) is 4.17. The Morgan fingerprint density at radius 3 is 2.70 bits per heavy atom. The Hall–Kier alpha value is -3.06.